The first kappa shape index (κ1) is 16.7. The van der Waals surface area contributed by atoms with Gasteiger partial charge in [0.05, 0.1) is 5.56 Å². The quantitative estimate of drug-likeness (QED) is 0.633. The van der Waals surface area contributed by atoms with Crippen LogP contribution in [0.3, 0.4) is 0 Å². The molecule has 2 aromatic carbocycles. The van der Waals surface area contributed by atoms with Crippen molar-refractivity contribution in [2.24, 2.45) is 0 Å². The first-order valence-corrected chi connectivity index (χ1v) is 7.37. The number of ketones is 1. The smallest absolute Gasteiger partial charge is 0.335 e. The Bertz CT molecular complexity index is 707. The summed E-state index contributed by atoms with van der Waals surface area (Å²) in [6.07, 6.45) is -0.719. The molecule has 0 aliphatic rings. The molecule has 0 fully saturated rings. The molecule has 0 aliphatic heterocycles. The second-order valence-electron chi connectivity index (χ2n) is 5.15. The van der Waals surface area contributed by atoms with Crippen molar-refractivity contribution in [1.29, 1.82) is 0 Å². The number of aliphatic hydroxyl groups excluding tert-OH is 1. The standard InChI is InChI=1S/C18H19NO4/c1-3-19(12(2)20)16-7-5-4-6-15(16)17(21)13-8-10-14(11-9-13)18(22)23/h4-12,20H,3H2,1-2H3,(H,22,23). The molecule has 2 rings (SSSR count). The summed E-state index contributed by atoms with van der Waals surface area (Å²) >= 11 is 0. The number of aromatic carboxylic acids is 1. The minimum absolute atomic E-state index is 0.133. The molecule has 2 N–H and O–H groups in total. The van der Waals surface area contributed by atoms with Gasteiger partial charge >= 0.3 is 5.97 Å². The van der Waals surface area contributed by atoms with Gasteiger partial charge in [0, 0.05) is 23.4 Å². The minimum Gasteiger partial charge on any atom is -0.478 e. The van der Waals surface area contributed by atoms with Crippen LogP contribution in [0, 0.1) is 0 Å². The third kappa shape index (κ3) is 3.57. The number of anilines is 1. The SMILES string of the molecule is CCN(c1ccccc1C(=O)c1ccc(C(=O)O)cc1)C(C)O. The Morgan fingerprint density at radius 3 is 2.13 bits per heavy atom. The average Bonchev–Trinajstić information content (AvgIpc) is 2.55. The van der Waals surface area contributed by atoms with E-state index in [9.17, 15) is 14.7 Å². The van der Waals surface area contributed by atoms with E-state index in [0.717, 1.165) is 0 Å². The summed E-state index contributed by atoms with van der Waals surface area (Å²) in [7, 11) is 0. The van der Waals surface area contributed by atoms with Gasteiger partial charge in [-0.1, -0.05) is 24.3 Å². The first-order chi connectivity index (χ1) is 11.0. The zero-order valence-corrected chi connectivity index (χ0v) is 13.1. The molecule has 120 valence electrons. The van der Waals surface area contributed by atoms with Crippen molar-refractivity contribution >= 4 is 17.4 Å². The predicted octanol–water partition coefficient (Wildman–Crippen LogP) is 2.78. The van der Waals surface area contributed by atoms with Gasteiger partial charge in [-0.05, 0) is 38.1 Å². The third-order valence-electron chi connectivity index (χ3n) is 3.64. The number of hydrogen-bond acceptors (Lipinski definition) is 4. The number of rotatable bonds is 6. The van der Waals surface area contributed by atoms with Gasteiger partial charge in [-0.15, -0.1) is 0 Å². The number of aliphatic hydroxyl groups is 1. The van der Waals surface area contributed by atoms with E-state index in [1.807, 2.05) is 13.0 Å². The van der Waals surface area contributed by atoms with Crippen LogP contribution in [-0.4, -0.2) is 34.7 Å². The number of carbonyl (C=O) groups excluding carboxylic acids is 1. The van der Waals surface area contributed by atoms with Gasteiger partial charge in [0.2, 0.25) is 0 Å². The van der Waals surface area contributed by atoms with Crippen LogP contribution >= 0.6 is 0 Å². The fourth-order valence-corrected chi connectivity index (χ4v) is 2.47. The number of benzene rings is 2. The number of nitrogens with zero attached hydrogens (tertiary/aromatic N) is 1. The molecule has 0 spiro atoms. The van der Waals surface area contributed by atoms with Gasteiger partial charge in [-0.2, -0.15) is 0 Å². The lowest BCUT2D eigenvalue weighted by molar-refractivity contribution is 0.0696. The molecule has 0 amide bonds. The molecule has 0 saturated carbocycles. The fraction of sp³-hybridized carbons (Fsp3) is 0.222. The van der Waals surface area contributed by atoms with Crippen LogP contribution in [0.1, 0.15) is 40.1 Å². The van der Waals surface area contributed by atoms with Crippen LogP contribution in [0.15, 0.2) is 48.5 Å². The average molecular weight is 313 g/mol. The van der Waals surface area contributed by atoms with Crippen LogP contribution in [0.5, 0.6) is 0 Å². The summed E-state index contributed by atoms with van der Waals surface area (Å²) in [5, 5.41) is 18.8. The van der Waals surface area contributed by atoms with Gasteiger partial charge in [-0.25, -0.2) is 4.79 Å². The van der Waals surface area contributed by atoms with E-state index in [1.54, 1.807) is 30.0 Å². The Balaban J connectivity index is 2.41. The Morgan fingerprint density at radius 2 is 1.61 bits per heavy atom. The van der Waals surface area contributed by atoms with Crippen molar-refractivity contribution in [3.8, 4) is 0 Å². The molecule has 0 aliphatic carbocycles. The molecule has 1 unspecified atom stereocenters. The molecule has 2 aromatic rings. The minimum atomic E-state index is -1.03. The highest BCUT2D eigenvalue weighted by atomic mass is 16.4. The number of carbonyl (C=O) groups is 2. The number of carboxylic acid groups (broad SMARTS) is 1. The summed E-state index contributed by atoms with van der Waals surface area (Å²) in [5.74, 6) is -1.24. The molecule has 0 radical (unpaired) electrons. The normalized spacial score (nSPS) is 11.8. The highest BCUT2D eigenvalue weighted by Gasteiger charge is 2.19. The molecule has 5 nitrogen and oxygen atoms in total. The van der Waals surface area contributed by atoms with E-state index in [4.69, 9.17) is 5.11 Å². The van der Waals surface area contributed by atoms with E-state index in [0.29, 0.717) is 23.4 Å². The van der Waals surface area contributed by atoms with E-state index in [2.05, 4.69) is 0 Å². The molecule has 23 heavy (non-hydrogen) atoms. The van der Waals surface area contributed by atoms with E-state index in [1.165, 1.54) is 24.3 Å². The maximum absolute atomic E-state index is 12.7. The molecule has 0 bridgehead atoms. The first-order valence-electron chi connectivity index (χ1n) is 7.37. The van der Waals surface area contributed by atoms with Crippen molar-refractivity contribution in [2.45, 2.75) is 20.1 Å². The zero-order valence-electron chi connectivity index (χ0n) is 13.1. The fourth-order valence-electron chi connectivity index (χ4n) is 2.47. The summed E-state index contributed by atoms with van der Waals surface area (Å²) < 4.78 is 0. The summed E-state index contributed by atoms with van der Waals surface area (Å²) in [6, 6.07) is 12.9. The highest BCUT2D eigenvalue weighted by Crippen LogP contribution is 2.24. The number of para-hydroxylation sites is 1. The lowest BCUT2D eigenvalue weighted by Gasteiger charge is -2.28. The Kier molecular flexibility index (Phi) is 5.13. The van der Waals surface area contributed by atoms with E-state index < -0.39 is 12.2 Å². The lowest BCUT2D eigenvalue weighted by atomic mass is 10.00. The van der Waals surface area contributed by atoms with Gasteiger partial charge in [0.15, 0.2) is 5.78 Å². The number of carboxylic acids is 1. The van der Waals surface area contributed by atoms with Crippen molar-refractivity contribution in [2.75, 3.05) is 11.4 Å². The second kappa shape index (κ2) is 7.07. The summed E-state index contributed by atoms with van der Waals surface area (Å²) in [4.78, 5) is 25.3. The topological polar surface area (TPSA) is 77.8 Å². The predicted molar refractivity (Wildman–Crippen MR) is 88.0 cm³/mol. The Morgan fingerprint density at radius 1 is 1.04 bits per heavy atom. The van der Waals surface area contributed by atoms with Gasteiger partial charge in [0.1, 0.15) is 6.23 Å². The van der Waals surface area contributed by atoms with Crippen molar-refractivity contribution in [3.63, 3.8) is 0 Å². The van der Waals surface area contributed by atoms with Crippen LogP contribution in [0.25, 0.3) is 0 Å². The summed E-state index contributed by atoms with van der Waals surface area (Å²) in [6.45, 7) is 4.10. The third-order valence-corrected chi connectivity index (χ3v) is 3.64. The maximum atomic E-state index is 12.7. The van der Waals surface area contributed by atoms with E-state index in [-0.39, 0.29) is 11.3 Å². The van der Waals surface area contributed by atoms with Crippen LogP contribution < -0.4 is 4.90 Å². The Labute approximate surface area is 134 Å². The molecule has 0 heterocycles. The van der Waals surface area contributed by atoms with Crippen LogP contribution in [0.2, 0.25) is 0 Å². The molecule has 0 aromatic heterocycles. The molecular formula is C18H19NO4. The number of hydrogen-bond donors (Lipinski definition) is 2. The monoisotopic (exact) mass is 313 g/mol. The van der Waals surface area contributed by atoms with E-state index >= 15 is 0 Å². The largest absolute Gasteiger partial charge is 0.478 e. The van der Waals surface area contributed by atoms with Gasteiger partial charge in [-0.3, -0.25) is 4.79 Å². The van der Waals surface area contributed by atoms with Crippen LogP contribution in [0.4, 0.5) is 5.69 Å². The van der Waals surface area contributed by atoms with Crippen LogP contribution in [-0.2, 0) is 0 Å². The molecule has 5 heteroatoms. The van der Waals surface area contributed by atoms with Gasteiger partial charge < -0.3 is 15.1 Å². The zero-order chi connectivity index (χ0) is 17.0. The lowest BCUT2D eigenvalue weighted by Crippen LogP contribution is -2.33. The second-order valence-corrected chi connectivity index (χ2v) is 5.15. The molecular weight excluding hydrogens is 294 g/mol. The molecule has 0 saturated heterocycles. The van der Waals surface area contributed by atoms with Crippen molar-refractivity contribution in [1.82, 2.24) is 0 Å². The Hall–Kier alpha value is -2.66. The molecule has 1 atom stereocenters. The summed E-state index contributed by atoms with van der Waals surface area (Å²) in [5.41, 5.74) is 1.66. The highest BCUT2D eigenvalue weighted by molar-refractivity contribution is 6.12. The maximum Gasteiger partial charge on any atom is 0.335 e. The van der Waals surface area contributed by atoms with Crippen molar-refractivity contribution < 1.29 is 19.8 Å². The van der Waals surface area contributed by atoms with Crippen molar-refractivity contribution in [3.05, 3.63) is 65.2 Å². The van der Waals surface area contributed by atoms with Gasteiger partial charge in [0.25, 0.3) is 0 Å².